The first-order valence-corrected chi connectivity index (χ1v) is 15.6. The number of benzene rings is 6. The lowest BCUT2D eigenvalue weighted by Crippen LogP contribution is -1.87. The van der Waals surface area contributed by atoms with Crippen molar-refractivity contribution in [1.82, 2.24) is 9.97 Å². The number of nitrogens with zero attached hydrogens (tertiary/aromatic N) is 2. The molecule has 0 atom stereocenters. The Labute approximate surface area is 250 Å². The van der Waals surface area contributed by atoms with Crippen molar-refractivity contribution < 1.29 is 0 Å². The van der Waals surface area contributed by atoms with Gasteiger partial charge in [-0.2, -0.15) is 0 Å². The molecule has 3 aromatic heterocycles. The summed E-state index contributed by atoms with van der Waals surface area (Å²) in [6.45, 7) is 0. The highest BCUT2D eigenvalue weighted by atomic mass is 32.1. The fourth-order valence-electron chi connectivity index (χ4n) is 6.04. The SMILES string of the molecule is c1cc(-c2ccc3sc4ncc(-c5ccc6ccccc6c5)nc4c3c2)cc(-c2cccc3c2sc2ccccc23)c1. The van der Waals surface area contributed by atoms with Gasteiger partial charge in [0, 0.05) is 35.8 Å². The number of fused-ring (bicyclic) bond motifs is 7. The second-order valence-corrected chi connectivity index (χ2v) is 12.7. The molecular weight excluding hydrogens is 549 g/mol. The van der Waals surface area contributed by atoms with E-state index in [0.717, 1.165) is 27.0 Å². The van der Waals surface area contributed by atoms with Crippen LogP contribution in [0.4, 0.5) is 0 Å². The van der Waals surface area contributed by atoms with Crippen LogP contribution in [0.1, 0.15) is 0 Å². The number of hydrogen-bond donors (Lipinski definition) is 0. The lowest BCUT2D eigenvalue weighted by Gasteiger charge is -2.08. The van der Waals surface area contributed by atoms with E-state index in [-0.39, 0.29) is 0 Å². The van der Waals surface area contributed by atoms with E-state index in [9.17, 15) is 0 Å². The molecule has 0 aliphatic rings. The maximum atomic E-state index is 5.14. The van der Waals surface area contributed by atoms with Crippen LogP contribution in [0.2, 0.25) is 0 Å². The van der Waals surface area contributed by atoms with Gasteiger partial charge in [-0.25, -0.2) is 9.97 Å². The first kappa shape index (κ1) is 23.8. The summed E-state index contributed by atoms with van der Waals surface area (Å²) < 4.78 is 3.87. The molecule has 196 valence electrons. The van der Waals surface area contributed by atoms with Crippen molar-refractivity contribution in [2.75, 3.05) is 0 Å². The Hall–Kier alpha value is -4.90. The molecule has 0 aliphatic carbocycles. The molecule has 0 fully saturated rings. The van der Waals surface area contributed by atoms with E-state index in [1.54, 1.807) is 11.3 Å². The minimum absolute atomic E-state index is 0.900. The Morgan fingerprint density at radius 1 is 0.476 bits per heavy atom. The summed E-state index contributed by atoms with van der Waals surface area (Å²) in [7, 11) is 0. The zero-order valence-corrected chi connectivity index (χ0v) is 24.0. The summed E-state index contributed by atoms with van der Waals surface area (Å²) in [4.78, 5) is 10.9. The first-order chi connectivity index (χ1) is 20.8. The van der Waals surface area contributed by atoms with Crippen LogP contribution in [-0.2, 0) is 0 Å². The van der Waals surface area contributed by atoms with E-state index in [2.05, 4.69) is 127 Å². The highest BCUT2D eigenvalue weighted by Crippen LogP contribution is 2.41. The van der Waals surface area contributed by atoms with Crippen molar-refractivity contribution in [2.24, 2.45) is 0 Å². The summed E-state index contributed by atoms with van der Waals surface area (Å²) in [5.74, 6) is 0. The first-order valence-electron chi connectivity index (χ1n) is 14.0. The highest BCUT2D eigenvalue weighted by Gasteiger charge is 2.14. The van der Waals surface area contributed by atoms with Gasteiger partial charge < -0.3 is 0 Å². The van der Waals surface area contributed by atoms with E-state index in [1.165, 1.54) is 57.9 Å². The molecular formula is C38H22N2S2. The summed E-state index contributed by atoms with van der Waals surface area (Å²) in [6.07, 6.45) is 1.90. The smallest absolute Gasteiger partial charge is 0.143 e. The molecule has 0 spiro atoms. The van der Waals surface area contributed by atoms with Gasteiger partial charge >= 0.3 is 0 Å². The molecule has 0 radical (unpaired) electrons. The second kappa shape index (κ2) is 9.31. The van der Waals surface area contributed by atoms with Gasteiger partial charge in [-0.1, -0.05) is 97.1 Å². The van der Waals surface area contributed by atoms with Crippen LogP contribution in [0.15, 0.2) is 134 Å². The van der Waals surface area contributed by atoms with Crippen LogP contribution in [0, 0.1) is 0 Å². The van der Waals surface area contributed by atoms with Crippen LogP contribution >= 0.6 is 22.7 Å². The van der Waals surface area contributed by atoms with Crippen molar-refractivity contribution >= 4 is 74.1 Å². The molecule has 9 aromatic rings. The fraction of sp³-hybridized carbons (Fsp3) is 0. The average Bonchev–Trinajstić information content (AvgIpc) is 3.62. The second-order valence-electron chi connectivity index (χ2n) is 10.6. The van der Waals surface area contributed by atoms with Gasteiger partial charge in [-0.15, -0.1) is 22.7 Å². The lowest BCUT2D eigenvalue weighted by atomic mass is 9.97. The van der Waals surface area contributed by atoms with Gasteiger partial charge in [-0.05, 0) is 63.4 Å². The molecule has 9 rings (SSSR count). The average molecular weight is 571 g/mol. The van der Waals surface area contributed by atoms with Gasteiger partial charge in [0.2, 0.25) is 0 Å². The van der Waals surface area contributed by atoms with Crippen LogP contribution in [0.25, 0.3) is 84.9 Å². The molecule has 4 heteroatoms. The van der Waals surface area contributed by atoms with Crippen molar-refractivity contribution in [3.8, 4) is 33.5 Å². The minimum atomic E-state index is 0.900. The van der Waals surface area contributed by atoms with Crippen LogP contribution in [-0.4, -0.2) is 9.97 Å². The van der Waals surface area contributed by atoms with Gasteiger partial charge in [0.1, 0.15) is 10.3 Å². The van der Waals surface area contributed by atoms with E-state index >= 15 is 0 Å². The Morgan fingerprint density at radius 3 is 2.21 bits per heavy atom. The number of hydrogen-bond acceptors (Lipinski definition) is 4. The Balaban J connectivity index is 1.16. The molecule has 42 heavy (non-hydrogen) atoms. The van der Waals surface area contributed by atoms with Crippen molar-refractivity contribution in [2.45, 2.75) is 0 Å². The fourth-order valence-corrected chi connectivity index (χ4v) is 8.25. The third kappa shape index (κ3) is 3.77. The number of thiophene rings is 2. The van der Waals surface area contributed by atoms with Crippen molar-refractivity contribution in [1.29, 1.82) is 0 Å². The standard InChI is InChI=1S/C38H22N2S2/c1-2-8-24-20-28(16-15-23(24)7-1)33-22-39-38-36(40-33)32-21-26(17-18-35(32)42-38)25-9-5-10-27(19-25)29-12-6-13-31-30-11-3-4-14-34(30)41-37(29)31/h1-22H. The molecule has 0 unspecified atom stereocenters. The molecule has 2 nitrogen and oxygen atoms in total. The third-order valence-electron chi connectivity index (χ3n) is 8.14. The maximum Gasteiger partial charge on any atom is 0.143 e. The maximum absolute atomic E-state index is 5.14. The normalized spacial score (nSPS) is 11.8. The number of rotatable bonds is 3. The van der Waals surface area contributed by atoms with Crippen molar-refractivity contribution in [3.05, 3.63) is 134 Å². The lowest BCUT2D eigenvalue weighted by molar-refractivity contribution is 1.32. The molecule has 3 heterocycles. The van der Waals surface area contributed by atoms with Crippen molar-refractivity contribution in [3.63, 3.8) is 0 Å². The van der Waals surface area contributed by atoms with E-state index in [0.29, 0.717) is 0 Å². The van der Waals surface area contributed by atoms with Crippen LogP contribution in [0.5, 0.6) is 0 Å². The molecule has 6 aromatic carbocycles. The van der Waals surface area contributed by atoms with Crippen LogP contribution < -0.4 is 0 Å². The summed E-state index contributed by atoms with van der Waals surface area (Å²) in [5, 5.41) is 6.24. The third-order valence-corrected chi connectivity index (χ3v) is 10.4. The molecule has 0 bridgehead atoms. The quantitative estimate of drug-likeness (QED) is 0.211. The van der Waals surface area contributed by atoms with E-state index in [1.807, 2.05) is 17.5 Å². The predicted octanol–water partition coefficient (Wildman–Crippen LogP) is 11.4. The van der Waals surface area contributed by atoms with E-state index in [4.69, 9.17) is 9.97 Å². The van der Waals surface area contributed by atoms with Gasteiger partial charge in [0.15, 0.2) is 0 Å². The van der Waals surface area contributed by atoms with Crippen LogP contribution in [0.3, 0.4) is 0 Å². The summed E-state index contributed by atoms with van der Waals surface area (Å²) in [5.41, 5.74) is 7.85. The molecule has 0 N–H and O–H groups in total. The summed E-state index contributed by atoms with van der Waals surface area (Å²) >= 11 is 3.58. The predicted molar refractivity (Wildman–Crippen MR) is 182 cm³/mol. The van der Waals surface area contributed by atoms with Gasteiger partial charge in [0.05, 0.1) is 11.9 Å². The Bertz CT molecular complexity index is 2480. The van der Waals surface area contributed by atoms with Gasteiger partial charge in [0.25, 0.3) is 0 Å². The largest absolute Gasteiger partial charge is 0.243 e. The molecule has 0 saturated carbocycles. The zero-order valence-electron chi connectivity index (χ0n) is 22.4. The molecule has 0 saturated heterocycles. The van der Waals surface area contributed by atoms with Gasteiger partial charge in [-0.3, -0.25) is 0 Å². The Kier molecular flexibility index (Phi) is 5.27. The minimum Gasteiger partial charge on any atom is -0.243 e. The van der Waals surface area contributed by atoms with E-state index < -0.39 is 0 Å². The molecule has 0 aliphatic heterocycles. The zero-order chi connectivity index (χ0) is 27.6. The highest BCUT2D eigenvalue weighted by molar-refractivity contribution is 7.26. The topological polar surface area (TPSA) is 25.8 Å². The monoisotopic (exact) mass is 570 g/mol. The molecule has 0 amide bonds. The Morgan fingerprint density at radius 2 is 1.24 bits per heavy atom. The summed E-state index contributed by atoms with van der Waals surface area (Å²) in [6, 6.07) is 45.9. The number of aromatic nitrogens is 2.